The monoisotopic (exact) mass is 291 g/mol. The molecule has 0 saturated carbocycles. The van der Waals surface area contributed by atoms with Gasteiger partial charge in [0, 0.05) is 11.6 Å². The van der Waals surface area contributed by atoms with Crippen LogP contribution < -0.4 is 10.1 Å². The molecule has 1 atom stereocenters. The Hall–Kier alpha value is -1.95. The zero-order valence-corrected chi connectivity index (χ0v) is 12.3. The third kappa shape index (κ3) is 4.62. The van der Waals surface area contributed by atoms with E-state index in [4.69, 9.17) is 4.74 Å². The highest BCUT2D eigenvalue weighted by molar-refractivity contribution is 7.09. The van der Waals surface area contributed by atoms with Crippen LogP contribution in [0.15, 0.2) is 29.9 Å². The highest BCUT2D eigenvalue weighted by Crippen LogP contribution is 2.09. The maximum Gasteiger partial charge on any atom is 0.226 e. The van der Waals surface area contributed by atoms with Crippen molar-refractivity contribution in [3.8, 4) is 5.75 Å². The van der Waals surface area contributed by atoms with E-state index in [0.717, 1.165) is 10.7 Å². The van der Waals surface area contributed by atoms with Gasteiger partial charge in [0.05, 0.1) is 29.9 Å². The third-order valence-electron chi connectivity index (χ3n) is 2.57. The molecular formula is C14H17N3O2S. The van der Waals surface area contributed by atoms with Crippen LogP contribution in [-0.2, 0) is 11.2 Å². The molecule has 0 unspecified atom stereocenters. The van der Waals surface area contributed by atoms with E-state index in [-0.39, 0.29) is 12.0 Å². The summed E-state index contributed by atoms with van der Waals surface area (Å²) < 4.78 is 5.63. The van der Waals surface area contributed by atoms with Gasteiger partial charge in [0.15, 0.2) is 0 Å². The number of aryl methyl sites for hydroxylation is 1. The van der Waals surface area contributed by atoms with Crippen molar-refractivity contribution < 1.29 is 9.53 Å². The SMILES string of the molecule is Cc1nc(CC(=O)NC[C@@H](C)Oc2cccnc2)cs1. The number of thiazole rings is 1. The molecule has 1 N–H and O–H groups in total. The van der Waals surface area contributed by atoms with E-state index in [1.165, 1.54) is 0 Å². The van der Waals surface area contributed by atoms with Crippen molar-refractivity contribution in [3.63, 3.8) is 0 Å². The number of pyridine rings is 1. The number of hydrogen-bond acceptors (Lipinski definition) is 5. The second kappa shape index (κ2) is 7.00. The molecule has 0 saturated heterocycles. The third-order valence-corrected chi connectivity index (χ3v) is 3.39. The maximum absolute atomic E-state index is 11.8. The second-order valence-electron chi connectivity index (χ2n) is 4.46. The lowest BCUT2D eigenvalue weighted by Gasteiger charge is -2.14. The van der Waals surface area contributed by atoms with Crippen LogP contribution in [0.4, 0.5) is 0 Å². The number of ether oxygens (including phenoxy) is 1. The van der Waals surface area contributed by atoms with Crippen molar-refractivity contribution in [1.82, 2.24) is 15.3 Å². The van der Waals surface area contributed by atoms with Crippen LogP contribution >= 0.6 is 11.3 Å². The van der Waals surface area contributed by atoms with E-state index in [1.54, 1.807) is 23.7 Å². The first-order valence-electron chi connectivity index (χ1n) is 6.38. The lowest BCUT2D eigenvalue weighted by molar-refractivity contribution is -0.120. The van der Waals surface area contributed by atoms with Crippen molar-refractivity contribution in [2.45, 2.75) is 26.4 Å². The lowest BCUT2D eigenvalue weighted by Crippen LogP contribution is -2.34. The molecule has 5 nitrogen and oxygen atoms in total. The molecule has 6 heteroatoms. The minimum absolute atomic E-state index is 0.0445. The summed E-state index contributed by atoms with van der Waals surface area (Å²) in [6.07, 6.45) is 3.54. The smallest absolute Gasteiger partial charge is 0.226 e. The molecule has 2 rings (SSSR count). The van der Waals surface area contributed by atoms with Crippen molar-refractivity contribution in [2.24, 2.45) is 0 Å². The van der Waals surface area contributed by atoms with Crippen LogP contribution in [0, 0.1) is 6.92 Å². The van der Waals surface area contributed by atoms with Crippen LogP contribution in [0.2, 0.25) is 0 Å². The maximum atomic E-state index is 11.8. The molecule has 0 aliphatic heterocycles. The van der Waals surface area contributed by atoms with Crippen LogP contribution in [0.1, 0.15) is 17.6 Å². The van der Waals surface area contributed by atoms with E-state index in [1.807, 2.05) is 31.4 Å². The summed E-state index contributed by atoms with van der Waals surface area (Å²) in [5.74, 6) is 0.654. The number of carbonyl (C=O) groups is 1. The number of amides is 1. The lowest BCUT2D eigenvalue weighted by atomic mass is 10.3. The number of hydrogen-bond donors (Lipinski definition) is 1. The molecule has 106 valence electrons. The van der Waals surface area contributed by atoms with Crippen molar-refractivity contribution in [1.29, 1.82) is 0 Å². The second-order valence-corrected chi connectivity index (χ2v) is 5.52. The molecule has 0 spiro atoms. The largest absolute Gasteiger partial charge is 0.487 e. The molecule has 0 aromatic carbocycles. The molecule has 0 radical (unpaired) electrons. The molecule has 0 bridgehead atoms. The van der Waals surface area contributed by atoms with Gasteiger partial charge in [-0.2, -0.15) is 0 Å². The van der Waals surface area contributed by atoms with Crippen LogP contribution in [0.5, 0.6) is 5.75 Å². The van der Waals surface area contributed by atoms with Crippen LogP contribution in [0.3, 0.4) is 0 Å². The first-order chi connectivity index (χ1) is 9.63. The van der Waals surface area contributed by atoms with Gasteiger partial charge in [0.25, 0.3) is 0 Å². The highest BCUT2D eigenvalue weighted by atomic mass is 32.1. The Labute approximate surface area is 122 Å². The zero-order chi connectivity index (χ0) is 14.4. The van der Waals surface area contributed by atoms with Gasteiger partial charge in [-0.3, -0.25) is 9.78 Å². The summed E-state index contributed by atoms with van der Waals surface area (Å²) in [5.41, 5.74) is 0.811. The first kappa shape index (κ1) is 14.5. The number of nitrogens with zero attached hydrogens (tertiary/aromatic N) is 2. The number of aromatic nitrogens is 2. The summed E-state index contributed by atoms with van der Waals surface area (Å²) in [4.78, 5) is 20.0. The number of nitrogens with one attached hydrogen (secondary N) is 1. The quantitative estimate of drug-likeness (QED) is 0.884. The molecule has 1 amide bonds. The Morgan fingerprint density at radius 3 is 3.05 bits per heavy atom. The van der Waals surface area contributed by atoms with Gasteiger partial charge in [-0.1, -0.05) is 0 Å². The summed E-state index contributed by atoms with van der Waals surface area (Å²) in [7, 11) is 0. The molecule has 2 heterocycles. The van der Waals surface area contributed by atoms with Crippen molar-refractivity contribution >= 4 is 17.2 Å². The van der Waals surface area contributed by atoms with Gasteiger partial charge < -0.3 is 10.1 Å². The molecule has 0 fully saturated rings. The Morgan fingerprint density at radius 1 is 1.55 bits per heavy atom. The summed E-state index contributed by atoms with van der Waals surface area (Å²) in [5, 5.41) is 5.72. The van der Waals surface area contributed by atoms with Crippen LogP contribution in [-0.4, -0.2) is 28.5 Å². The topological polar surface area (TPSA) is 64.1 Å². The molecule has 2 aromatic rings. The van der Waals surface area contributed by atoms with Gasteiger partial charge in [0.2, 0.25) is 5.91 Å². The highest BCUT2D eigenvalue weighted by Gasteiger charge is 2.09. The van der Waals surface area contributed by atoms with Crippen molar-refractivity contribution in [3.05, 3.63) is 40.6 Å². The fraction of sp³-hybridized carbons (Fsp3) is 0.357. The van der Waals surface area contributed by atoms with E-state index < -0.39 is 0 Å². The molecular weight excluding hydrogens is 274 g/mol. The predicted octanol–water partition coefficient (Wildman–Crippen LogP) is 1.97. The van der Waals surface area contributed by atoms with Gasteiger partial charge >= 0.3 is 0 Å². The summed E-state index contributed by atoms with van der Waals surface area (Å²) in [6, 6.07) is 3.65. The Morgan fingerprint density at radius 2 is 2.40 bits per heavy atom. The summed E-state index contributed by atoms with van der Waals surface area (Å²) in [6.45, 7) is 4.28. The van der Waals surface area contributed by atoms with Gasteiger partial charge in [-0.15, -0.1) is 11.3 Å². The zero-order valence-electron chi connectivity index (χ0n) is 11.5. The van der Waals surface area contributed by atoms with Gasteiger partial charge in [-0.25, -0.2) is 4.98 Å². The summed E-state index contributed by atoms with van der Waals surface area (Å²) >= 11 is 1.55. The molecule has 0 aliphatic rings. The average molecular weight is 291 g/mol. The van der Waals surface area contributed by atoms with Crippen LogP contribution in [0.25, 0.3) is 0 Å². The average Bonchev–Trinajstić information content (AvgIpc) is 2.83. The first-order valence-corrected chi connectivity index (χ1v) is 7.26. The van der Waals surface area contributed by atoms with E-state index in [9.17, 15) is 4.79 Å². The van der Waals surface area contributed by atoms with Gasteiger partial charge in [-0.05, 0) is 26.0 Å². The Balaban J connectivity index is 1.73. The minimum atomic E-state index is -0.111. The Kier molecular flexibility index (Phi) is 5.06. The van der Waals surface area contributed by atoms with Crippen molar-refractivity contribution in [2.75, 3.05) is 6.54 Å². The minimum Gasteiger partial charge on any atom is -0.487 e. The van der Waals surface area contributed by atoms with E-state index >= 15 is 0 Å². The predicted molar refractivity (Wildman–Crippen MR) is 77.9 cm³/mol. The normalized spacial score (nSPS) is 11.9. The standard InChI is InChI=1S/C14H17N3O2S/c1-10(19-13-4-3-5-15-8-13)7-16-14(18)6-12-9-20-11(2)17-12/h3-5,8-10H,6-7H2,1-2H3,(H,16,18)/t10-/m1/s1. The fourth-order valence-electron chi connectivity index (χ4n) is 1.66. The molecule has 20 heavy (non-hydrogen) atoms. The van der Waals surface area contributed by atoms with Gasteiger partial charge in [0.1, 0.15) is 11.9 Å². The number of carbonyl (C=O) groups excluding carboxylic acids is 1. The Bertz CT molecular complexity index is 557. The molecule has 0 aliphatic carbocycles. The fourth-order valence-corrected chi connectivity index (χ4v) is 2.28. The molecule has 2 aromatic heterocycles. The number of rotatable bonds is 6. The van der Waals surface area contributed by atoms with E-state index in [0.29, 0.717) is 18.7 Å². The van der Waals surface area contributed by atoms with E-state index in [2.05, 4.69) is 15.3 Å².